The SMILES string of the molecule is N#CCc1ccc(NC(=O)C(=O)N/N=C/c2cccs2)cc1. The van der Waals surface area contributed by atoms with Crippen LogP contribution in [0.5, 0.6) is 0 Å². The van der Waals surface area contributed by atoms with Crippen molar-refractivity contribution in [1.82, 2.24) is 5.43 Å². The van der Waals surface area contributed by atoms with Crippen LogP contribution in [0.2, 0.25) is 0 Å². The van der Waals surface area contributed by atoms with Crippen LogP contribution in [0.1, 0.15) is 10.4 Å². The number of thiophene rings is 1. The van der Waals surface area contributed by atoms with Crippen molar-refractivity contribution in [3.8, 4) is 6.07 Å². The largest absolute Gasteiger partial charge is 0.329 e. The monoisotopic (exact) mass is 312 g/mol. The van der Waals surface area contributed by atoms with Crippen LogP contribution in [-0.4, -0.2) is 18.0 Å². The molecule has 22 heavy (non-hydrogen) atoms. The van der Waals surface area contributed by atoms with Crippen LogP contribution in [0.25, 0.3) is 0 Å². The molecule has 0 aliphatic rings. The first-order chi connectivity index (χ1) is 10.7. The minimum absolute atomic E-state index is 0.298. The zero-order valence-corrected chi connectivity index (χ0v) is 12.3. The highest BCUT2D eigenvalue weighted by molar-refractivity contribution is 7.11. The first-order valence-corrected chi connectivity index (χ1v) is 7.21. The Labute approximate surface area is 131 Å². The maximum Gasteiger partial charge on any atom is 0.329 e. The highest BCUT2D eigenvalue weighted by Gasteiger charge is 2.12. The first-order valence-electron chi connectivity index (χ1n) is 6.33. The van der Waals surface area contributed by atoms with E-state index in [0.717, 1.165) is 10.4 Å². The molecule has 6 nitrogen and oxygen atoms in total. The third-order valence-corrected chi connectivity index (χ3v) is 3.41. The van der Waals surface area contributed by atoms with Crippen molar-refractivity contribution in [2.24, 2.45) is 5.10 Å². The summed E-state index contributed by atoms with van der Waals surface area (Å²) >= 11 is 1.47. The van der Waals surface area contributed by atoms with Gasteiger partial charge in [0.05, 0.1) is 18.7 Å². The smallest absolute Gasteiger partial charge is 0.318 e. The van der Waals surface area contributed by atoms with Gasteiger partial charge in [-0.15, -0.1) is 11.3 Å². The fourth-order valence-corrected chi connectivity index (χ4v) is 2.14. The van der Waals surface area contributed by atoms with Gasteiger partial charge in [0.15, 0.2) is 0 Å². The van der Waals surface area contributed by atoms with E-state index >= 15 is 0 Å². The van der Waals surface area contributed by atoms with Gasteiger partial charge in [-0.1, -0.05) is 18.2 Å². The molecule has 2 aromatic rings. The predicted octanol–water partition coefficient (Wildman–Crippen LogP) is 1.90. The number of benzene rings is 1. The number of anilines is 1. The van der Waals surface area contributed by atoms with Crippen molar-refractivity contribution in [1.29, 1.82) is 5.26 Å². The molecule has 0 radical (unpaired) electrons. The van der Waals surface area contributed by atoms with Crippen LogP contribution < -0.4 is 10.7 Å². The van der Waals surface area contributed by atoms with Crippen molar-refractivity contribution >= 4 is 35.1 Å². The Kier molecular flexibility index (Phi) is 5.40. The van der Waals surface area contributed by atoms with Crippen LogP contribution in [0.4, 0.5) is 5.69 Å². The zero-order valence-electron chi connectivity index (χ0n) is 11.4. The van der Waals surface area contributed by atoms with Crippen molar-refractivity contribution in [2.75, 3.05) is 5.32 Å². The van der Waals surface area contributed by atoms with Crippen LogP contribution in [0, 0.1) is 11.3 Å². The van der Waals surface area contributed by atoms with Crippen LogP contribution in [0.3, 0.4) is 0 Å². The Morgan fingerprint density at radius 2 is 2.00 bits per heavy atom. The number of hydrogen-bond donors (Lipinski definition) is 2. The molecule has 110 valence electrons. The molecule has 2 N–H and O–H groups in total. The molecule has 0 fully saturated rings. The molecule has 0 atom stereocenters. The summed E-state index contributed by atoms with van der Waals surface area (Å²) in [5.74, 6) is -1.66. The lowest BCUT2D eigenvalue weighted by atomic mass is 10.1. The Bertz CT molecular complexity index is 715. The van der Waals surface area contributed by atoms with E-state index in [-0.39, 0.29) is 0 Å². The van der Waals surface area contributed by atoms with Gasteiger partial charge >= 0.3 is 11.8 Å². The minimum Gasteiger partial charge on any atom is -0.318 e. The molecular weight excluding hydrogens is 300 g/mol. The van der Waals surface area contributed by atoms with Crippen LogP contribution in [-0.2, 0) is 16.0 Å². The molecule has 0 aliphatic heterocycles. The second kappa shape index (κ2) is 7.71. The molecule has 0 saturated carbocycles. The fourth-order valence-electron chi connectivity index (χ4n) is 1.56. The summed E-state index contributed by atoms with van der Waals surface area (Å²) in [5.41, 5.74) is 3.47. The third kappa shape index (κ3) is 4.54. The van der Waals surface area contributed by atoms with Crippen molar-refractivity contribution < 1.29 is 9.59 Å². The number of hydrazone groups is 1. The lowest BCUT2D eigenvalue weighted by Gasteiger charge is -2.04. The quantitative estimate of drug-likeness (QED) is 0.513. The number of nitriles is 1. The summed E-state index contributed by atoms with van der Waals surface area (Å²) in [7, 11) is 0. The minimum atomic E-state index is -0.853. The molecule has 0 aliphatic carbocycles. The Balaban J connectivity index is 1.85. The summed E-state index contributed by atoms with van der Waals surface area (Å²) in [6, 6.07) is 12.4. The van der Waals surface area contributed by atoms with Crippen molar-refractivity contribution in [3.63, 3.8) is 0 Å². The summed E-state index contributed by atoms with van der Waals surface area (Å²) in [4.78, 5) is 24.1. The van der Waals surface area contributed by atoms with Gasteiger partial charge in [0.25, 0.3) is 0 Å². The van der Waals surface area contributed by atoms with E-state index in [1.54, 1.807) is 24.3 Å². The molecule has 1 heterocycles. The molecule has 7 heteroatoms. The Hall–Kier alpha value is -2.98. The third-order valence-electron chi connectivity index (χ3n) is 2.60. The number of carbonyl (C=O) groups is 2. The van der Waals surface area contributed by atoms with Gasteiger partial charge in [0, 0.05) is 10.6 Å². The fraction of sp³-hybridized carbons (Fsp3) is 0.0667. The van der Waals surface area contributed by atoms with Gasteiger partial charge in [-0.25, -0.2) is 5.43 Å². The number of carbonyl (C=O) groups excluding carboxylic acids is 2. The molecule has 2 amide bonds. The standard InChI is InChI=1S/C15H12N4O2S/c16-8-7-11-3-5-12(6-4-11)18-14(20)15(21)19-17-10-13-2-1-9-22-13/h1-6,9-10H,7H2,(H,18,20)(H,19,21)/b17-10+. The first kappa shape index (κ1) is 15.4. The molecule has 2 rings (SSSR count). The van der Waals surface area contributed by atoms with Gasteiger partial charge in [0.1, 0.15) is 0 Å². The maximum atomic E-state index is 11.7. The predicted molar refractivity (Wildman–Crippen MR) is 84.4 cm³/mol. The van der Waals surface area contributed by atoms with Crippen molar-refractivity contribution in [3.05, 3.63) is 52.2 Å². The van der Waals surface area contributed by atoms with E-state index in [9.17, 15) is 9.59 Å². The van der Waals surface area contributed by atoms with Gasteiger partial charge in [0.2, 0.25) is 0 Å². The molecule has 0 saturated heterocycles. The highest BCUT2D eigenvalue weighted by Crippen LogP contribution is 2.09. The molecule has 1 aromatic carbocycles. The lowest BCUT2D eigenvalue weighted by Crippen LogP contribution is -2.32. The van der Waals surface area contributed by atoms with Crippen molar-refractivity contribution in [2.45, 2.75) is 6.42 Å². The maximum absolute atomic E-state index is 11.7. The number of hydrogen-bond acceptors (Lipinski definition) is 5. The summed E-state index contributed by atoms with van der Waals surface area (Å²) in [5, 5.41) is 16.6. The van der Waals surface area contributed by atoms with E-state index in [2.05, 4.69) is 15.8 Å². The van der Waals surface area contributed by atoms with E-state index in [1.807, 2.05) is 23.6 Å². The molecule has 1 aromatic heterocycles. The summed E-state index contributed by atoms with van der Waals surface area (Å²) < 4.78 is 0. The average Bonchev–Trinajstić information content (AvgIpc) is 3.02. The number of nitrogens with zero attached hydrogens (tertiary/aromatic N) is 2. The van der Waals surface area contributed by atoms with E-state index in [4.69, 9.17) is 5.26 Å². The second-order valence-corrected chi connectivity index (χ2v) is 5.18. The molecule has 0 bridgehead atoms. The highest BCUT2D eigenvalue weighted by atomic mass is 32.1. The molecular formula is C15H12N4O2S. The van der Waals surface area contributed by atoms with Gasteiger partial charge in [-0.05, 0) is 29.1 Å². The van der Waals surface area contributed by atoms with E-state index in [1.165, 1.54) is 17.6 Å². The number of amides is 2. The second-order valence-electron chi connectivity index (χ2n) is 4.20. The molecule has 0 spiro atoms. The van der Waals surface area contributed by atoms with E-state index in [0.29, 0.717) is 12.1 Å². The normalized spacial score (nSPS) is 10.1. The zero-order chi connectivity index (χ0) is 15.8. The van der Waals surface area contributed by atoms with Gasteiger partial charge in [-0.2, -0.15) is 10.4 Å². The number of nitrogens with one attached hydrogen (secondary N) is 2. The van der Waals surface area contributed by atoms with Crippen LogP contribution >= 0.6 is 11.3 Å². The summed E-state index contributed by atoms with van der Waals surface area (Å²) in [6.45, 7) is 0. The van der Waals surface area contributed by atoms with Crippen LogP contribution in [0.15, 0.2) is 46.9 Å². The lowest BCUT2D eigenvalue weighted by molar-refractivity contribution is -0.136. The average molecular weight is 312 g/mol. The number of rotatable bonds is 4. The summed E-state index contributed by atoms with van der Waals surface area (Å²) in [6.07, 6.45) is 1.76. The topological polar surface area (TPSA) is 94.4 Å². The Morgan fingerprint density at radius 1 is 1.23 bits per heavy atom. The molecule has 0 unspecified atom stereocenters. The Morgan fingerprint density at radius 3 is 2.64 bits per heavy atom. The van der Waals surface area contributed by atoms with Gasteiger partial charge in [-0.3, -0.25) is 9.59 Å². The van der Waals surface area contributed by atoms with E-state index < -0.39 is 11.8 Å². The van der Waals surface area contributed by atoms with Gasteiger partial charge < -0.3 is 5.32 Å².